The molecular formula is C18H22ClN. The molecule has 2 aromatic carbocycles. The Morgan fingerprint density at radius 2 is 1.90 bits per heavy atom. The Kier molecular flexibility index (Phi) is 5.08. The van der Waals surface area contributed by atoms with Gasteiger partial charge in [0.05, 0.1) is 0 Å². The first-order chi connectivity index (χ1) is 9.54. The van der Waals surface area contributed by atoms with Gasteiger partial charge in [0.2, 0.25) is 0 Å². The fourth-order valence-corrected chi connectivity index (χ4v) is 2.51. The van der Waals surface area contributed by atoms with Crippen LogP contribution in [0, 0.1) is 13.8 Å². The molecule has 0 saturated carbocycles. The van der Waals surface area contributed by atoms with Crippen molar-refractivity contribution in [2.45, 2.75) is 39.7 Å². The largest absolute Gasteiger partial charge is 0.382 e. The van der Waals surface area contributed by atoms with Gasteiger partial charge in [-0.3, -0.25) is 0 Å². The second-order valence-electron chi connectivity index (χ2n) is 5.53. The number of rotatable bonds is 5. The topological polar surface area (TPSA) is 12.0 Å². The third kappa shape index (κ3) is 4.28. The lowest BCUT2D eigenvalue weighted by atomic mass is 10.0. The first-order valence-corrected chi connectivity index (χ1v) is 7.50. The molecule has 1 nitrogen and oxygen atoms in total. The molecule has 0 aliphatic rings. The molecule has 0 aromatic heterocycles. The maximum absolute atomic E-state index is 6.05. The van der Waals surface area contributed by atoms with Gasteiger partial charge in [-0.25, -0.2) is 0 Å². The van der Waals surface area contributed by atoms with Crippen LogP contribution in [0.3, 0.4) is 0 Å². The van der Waals surface area contributed by atoms with Gasteiger partial charge >= 0.3 is 0 Å². The molecule has 0 spiro atoms. The highest BCUT2D eigenvalue weighted by atomic mass is 35.5. The summed E-state index contributed by atoms with van der Waals surface area (Å²) in [4.78, 5) is 0. The van der Waals surface area contributed by atoms with E-state index >= 15 is 0 Å². The number of aryl methyl sites for hydroxylation is 3. The number of benzene rings is 2. The molecule has 1 unspecified atom stereocenters. The molecule has 0 bridgehead atoms. The summed E-state index contributed by atoms with van der Waals surface area (Å²) in [6.45, 7) is 6.46. The van der Waals surface area contributed by atoms with E-state index in [-0.39, 0.29) is 0 Å². The Balaban J connectivity index is 1.92. The van der Waals surface area contributed by atoms with E-state index in [1.54, 1.807) is 0 Å². The Labute approximate surface area is 127 Å². The van der Waals surface area contributed by atoms with E-state index in [4.69, 9.17) is 11.6 Å². The molecule has 2 rings (SSSR count). The summed E-state index contributed by atoms with van der Waals surface area (Å²) in [5, 5.41) is 4.33. The monoisotopic (exact) mass is 287 g/mol. The van der Waals surface area contributed by atoms with Gasteiger partial charge in [-0.1, -0.05) is 47.5 Å². The first kappa shape index (κ1) is 14.9. The average Bonchev–Trinajstić information content (AvgIpc) is 2.41. The Hall–Kier alpha value is -1.47. The minimum atomic E-state index is 0.424. The van der Waals surface area contributed by atoms with Gasteiger partial charge in [-0.2, -0.15) is 0 Å². The SMILES string of the molecule is Cc1cccc(CCC(C)Nc2cc(Cl)ccc2C)c1. The molecule has 20 heavy (non-hydrogen) atoms. The number of hydrogen-bond donors (Lipinski definition) is 1. The summed E-state index contributed by atoms with van der Waals surface area (Å²) >= 11 is 6.05. The standard InChI is InChI=1S/C18H22ClN/c1-13-5-4-6-16(11-13)9-8-15(3)20-18-12-17(19)10-7-14(18)2/h4-7,10-12,15,20H,8-9H2,1-3H3. The Morgan fingerprint density at radius 3 is 2.65 bits per heavy atom. The van der Waals surface area contributed by atoms with Crippen LogP contribution in [0.5, 0.6) is 0 Å². The van der Waals surface area contributed by atoms with Crippen LogP contribution in [-0.2, 0) is 6.42 Å². The summed E-state index contributed by atoms with van der Waals surface area (Å²) < 4.78 is 0. The predicted molar refractivity (Wildman–Crippen MR) is 88.8 cm³/mol. The number of hydrogen-bond acceptors (Lipinski definition) is 1. The normalized spacial score (nSPS) is 12.2. The van der Waals surface area contributed by atoms with Crippen molar-refractivity contribution in [2.75, 3.05) is 5.32 Å². The fraction of sp³-hybridized carbons (Fsp3) is 0.333. The molecule has 0 amide bonds. The van der Waals surface area contributed by atoms with E-state index in [2.05, 4.69) is 56.4 Å². The number of halogens is 1. The second kappa shape index (κ2) is 6.81. The minimum Gasteiger partial charge on any atom is -0.382 e. The minimum absolute atomic E-state index is 0.424. The summed E-state index contributed by atoms with van der Waals surface area (Å²) in [5.74, 6) is 0. The van der Waals surface area contributed by atoms with E-state index in [0.717, 1.165) is 23.6 Å². The highest BCUT2D eigenvalue weighted by molar-refractivity contribution is 6.30. The summed E-state index contributed by atoms with van der Waals surface area (Å²) in [6, 6.07) is 15.1. The van der Waals surface area contributed by atoms with Gasteiger partial charge in [0.25, 0.3) is 0 Å². The molecule has 0 aliphatic carbocycles. The second-order valence-corrected chi connectivity index (χ2v) is 5.97. The van der Waals surface area contributed by atoms with Crippen molar-refractivity contribution < 1.29 is 0 Å². The zero-order valence-electron chi connectivity index (χ0n) is 12.4. The molecule has 106 valence electrons. The van der Waals surface area contributed by atoms with Crippen molar-refractivity contribution in [1.29, 1.82) is 0 Å². The van der Waals surface area contributed by atoms with E-state index in [1.165, 1.54) is 16.7 Å². The molecule has 2 heteroatoms. The quantitative estimate of drug-likeness (QED) is 0.777. The van der Waals surface area contributed by atoms with Crippen LogP contribution in [0.2, 0.25) is 5.02 Å². The molecular weight excluding hydrogens is 266 g/mol. The molecule has 0 fully saturated rings. The van der Waals surface area contributed by atoms with Crippen molar-refractivity contribution in [3.8, 4) is 0 Å². The van der Waals surface area contributed by atoms with Crippen LogP contribution in [-0.4, -0.2) is 6.04 Å². The van der Waals surface area contributed by atoms with E-state index < -0.39 is 0 Å². The fourth-order valence-electron chi connectivity index (χ4n) is 2.34. The third-order valence-electron chi connectivity index (χ3n) is 3.55. The Bertz CT molecular complexity index is 577. The van der Waals surface area contributed by atoms with Gasteiger partial charge in [0.15, 0.2) is 0 Å². The summed E-state index contributed by atoms with van der Waals surface area (Å²) in [7, 11) is 0. The van der Waals surface area contributed by atoms with Crippen molar-refractivity contribution in [3.05, 3.63) is 64.2 Å². The van der Waals surface area contributed by atoms with Gasteiger partial charge < -0.3 is 5.32 Å². The Morgan fingerprint density at radius 1 is 1.10 bits per heavy atom. The predicted octanol–water partition coefficient (Wildman–Crippen LogP) is 5.39. The van der Waals surface area contributed by atoms with Crippen molar-refractivity contribution in [3.63, 3.8) is 0 Å². The highest BCUT2D eigenvalue weighted by Gasteiger charge is 2.05. The molecule has 2 aromatic rings. The lowest BCUT2D eigenvalue weighted by Crippen LogP contribution is -2.16. The van der Waals surface area contributed by atoms with Crippen LogP contribution in [0.15, 0.2) is 42.5 Å². The van der Waals surface area contributed by atoms with Crippen LogP contribution < -0.4 is 5.32 Å². The maximum Gasteiger partial charge on any atom is 0.0426 e. The molecule has 0 heterocycles. The van der Waals surface area contributed by atoms with Crippen LogP contribution in [0.4, 0.5) is 5.69 Å². The highest BCUT2D eigenvalue weighted by Crippen LogP contribution is 2.21. The van der Waals surface area contributed by atoms with Gasteiger partial charge in [0, 0.05) is 16.8 Å². The van der Waals surface area contributed by atoms with Crippen molar-refractivity contribution in [2.24, 2.45) is 0 Å². The van der Waals surface area contributed by atoms with E-state index in [9.17, 15) is 0 Å². The maximum atomic E-state index is 6.05. The van der Waals surface area contributed by atoms with Crippen LogP contribution in [0.1, 0.15) is 30.0 Å². The zero-order valence-corrected chi connectivity index (χ0v) is 13.2. The summed E-state index contributed by atoms with van der Waals surface area (Å²) in [6.07, 6.45) is 2.20. The third-order valence-corrected chi connectivity index (χ3v) is 3.79. The van der Waals surface area contributed by atoms with Gasteiger partial charge in [0.1, 0.15) is 0 Å². The number of anilines is 1. The molecule has 1 atom stereocenters. The smallest absolute Gasteiger partial charge is 0.0426 e. The first-order valence-electron chi connectivity index (χ1n) is 7.13. The van der Waals surface area contributed by atoms with Gasteiger partial charge in [-0.05, 0) is 56.9 Å². The van der Waals surface area contributed by atoms with Crippen LogP contribution >= 0.6 is 11.6 Å². The average molecular weight is 288 g/mol. The van der Waals surface area contributed by atoms with Crippen molar-refractivity contribution in [1.82, 2.24) is 0 Å². The molecule has 0 radical (unpaired) electrons. The zero-order chi connectivity index (χ0) is 14.5. The lowest BCUT2D eigenvalue weighted by molar-refractivity contribution is 0.705. The van der Waals surface area contributed by atoms with Gasteiger partial charge in [-0.15, -0.1) is 0 Å². The lowest BCUT2D eigenvalue weighted by Gasteiger charge is -2.17. The molecule has 1 N–H and O–H groups in total. The number of nitrogens with one attached hydrogen (secondary N) is 1. The molecule has 0 saturated heterocycles. The summed E-state index contributed by atoms with van der Waals surface area (Å²) in [5.41, 5.74) is 5.10. The van der Waals surface area contributed by atoms with E-state index in [1.807, 2.05) is 12.1 Å². The molecule has 0 aliphatic heterocycles. The van der Waals surface area contributed by atoms with E-state index in [0.29, 0.717) is 6.04 Å². The van der Waals surface area contributed by atoms with Crippen LogP contribution in [0.25, 0.3) is 0 Å². The van der Waals surface area contributed by atoms with Crippen molar-refractivity contribution >= 4 is 17.3 Å².